The zero-order valence-corrected chi connectivity index (χ0v) is 39.7. The van der Waals surface area contributed by atoms with Crippen molar-refractivity contribution in [3.63, 3.8) is 0 Å². The summed E-state index contributed by atoms with van der Waals surface area (Å²) in [6, 6.07) is 29.1. The van der Waals surface area contributed by atoms with Gasteiger partial charge >= 0.3 is 12.1 Å². The second kappa shape index (κ2) is 28.7. The number of esters is 1. The summed E-state index contributed by atoms with van der Waals surface area (Å²) in [6.07, 6.45) is 4.67. The molecule has 3 N–H and O–H groups in total. The number of amides is 3. The maximum Gasteiger partial charge on any atom is 0.408 e. The summed E-state index contributed by atoms with van der Waals surface area (Å²) >= 11 is 0. The number of nitrogens with zero attached hydrogens (tertiary/aromatic N) is 1. The van der Waals surface area contributed by atoms with Crippen molar-refractivity contribution >= 4 is 23.9 Å². The lowest BCUT2D eigenvalue weighted by atomic mass is 10.0. The number of benzene rings is 3. The monoisotopic (exact) mass is 911 g/mol. The molecule has 0 fully saturated rings. The predicted octanol–water partition coefficient (Wildman–Crippen LogP) is 9.03. The van der Waals surface area contributed by atoms with Crippen LogP contribution < -0.4 is 30.2 Å². The lowest BCUT2D eigenvalue weighted by molar-refractivity contribution is -0.140. The number of carbonyl (C=O) groups is 4. The van der Waals surface area contributed by atoms with Crippen molar-refractivity contribution in [1.82, 2.24) is 20.9 Å². The smallest absolute Gasteiger partial charge is 0.408 e. The van der Waals surface area contributed by atoms with E-state index >= 15 is 0 Å². The third-order valence-electron chi connectivity index (χ3n) is 10.1. The molecule has 1 unspecified atom stereocenters. The average molecular weight is 911 g/mol. The van der Waals surface area contributed by atoms with E-state index in [9.17, 15) is 19.2 Å². The van der Waals surface area contributed by atoms with Gasteiger partial charge < -0.3 is 44.4 Å². The lowest BCUT2D eigenvalue weighted by Crippen LogP contribution is -2.48. The predicted molar refractivity (Wildman–Crippen MR) is 256 cm³/mol. The van der Waals surface area contributed by atoms with Crippen LogP contribution in [0.5, 0.6) is 17.4 Å². The first-order chi connectivity index (χ1) is 31.8. The molecule has 1 atom stereocenters. The molecule has 0 saturated carbocycles. The molecular weight excluding hydrogens is 841 g/mol. The molecule has 0 aliphatic rings. The van der Waals surface area contributed by atoms with Crippen molar-refractivity contribution < 1.29 is 47.6 Å². The number of methoxy groups -OCH3 is 1. The molecular formula is C52H70N4O10. The van der Waals surface area contributed by atoms with Crippen molar-refractivity contribution in [3.05, 3.63) is 96.6 Å². The summed E-state index contributed by atoms with van der Waals surface area (Å²) in [6.45, 7) is 11.5. The molecule has 0 aliphatic heterocycles. The van der Waals surface area contributed by atoms with Crippen molar-refractivity contribution in [2.75, 3.05) is 46.6 Å². The highest BCUT2D eigenvalue weighted by Gasteiger charge is 2.24. The molecule has 3 amide bonds. The number of nitrogens with one attached hydrogen (secondary N) is 3. The first-order valence-electron chi connectivity index (χ1n) is 23.2. The fourth-order valence-corrected chi connectivity index (χ4v) is 6.78. The first-order valence-corrected chi connectivity index (χ1v) is 23.2. The third-order valence-corrected chi connectivity index (χ3v) is 10.1. The van der Waals surface area contributed by atoms with Gasteiger partial charge in [-0.2, -0.15) is 0 Å². The quantitative estimate of drug-likeness (QED) is 0.0351. The highest BCUT2D eigenvalue weighted by molar-refractivity contribution is 5.85. The number of rotatable bonds is 29. The molecule has 14 heteroatoms. The molecule has 66 heavy (non-hydrogen) atoms. The van der Waals surface area contributed by atoms with E-state index in [1.807, 2.05) is 86.6 Å². The van der Waals surface area contributed by atoms with Crippen LogP contribution in [0.4, 0.5) is 4.79 Å². The second-order valence-electron chi connectivity index (χ2n) is 17.1. The van der Waals surface area contributed by atoms with Gasteiger partial charge in [0.25, 0.3) is 0 Å². The Bertz CT molecular complexity index is 2020. The summed E-state index contributed by atoms with van der Waals surface area (Å²) in [5.74, 6) is 1.04. The number of carbonyl (C=O) groups excluding carboxylic acids is 4. The van der Waals surface area contributed by atoms with Gasteiger partial charge in [-0.3, -0.25) is 14.4 Å². The molecule has 3 aromatic carbocycles. The van der Waals surface area contributed by atoms with Crippen molar-refractivity contribution in [3.8, 4) is 39.8 Å². The van der Waals surface area contributed by atoms with Crippen LogP contribution in [0.2, 0.25) is 0 Å². The molecule has 358 valence electrons. The molecule has 1 aromatic heterocycles. The van der Waals surface area contributed by atoms with Crippen LogP contribution in [-0.4, -0.2) is 93.2 Å². The van der Waals surface area contributed by atoms with Crippen molar-refractivity contribution in [1.29, 1.82) is 0 Å². The number of hydrogen-bond donors (Lipinski definition) is 3. The van der Waals surface area contributed by atoms with Gasteiger partial charge in [0, 0.05) is 43.1 Å². The molecule has 1 heterocycles. The van der Waals surface area contributed by atoms with Crippen LogP contribution in [0.15, 0.2) is 91.0 Å². The van der Waals surface area contributed by atoms with Gasteiger partial charge in [0.15, 0.2) is 0 Å². The molecule has 14 nitrogen and oxygen atoms in total. The van der Waals surface area contributed by atoms with Crippen molar-refractivity contribution in [2.45, 2.75) is 117 Å². The Kier molecular flexibility index (Phi) is 22.8. The van der Waals surface area contributed by atoms with Crippen LogP contribution in [0.1, 0.15) is 98.0 Å². The largest absolute Gasteiger partial charge is 0.493 e. The van der Waals surface area contributed by atoms with Gasteiger partial charge in [-0.15, -0.1) is 0 Å². The van der Waals surface area contributed by atoms with Gasteiger partial charge in [0.05, 0.1) is 45.3 Å². The first kappa shape index (κ1) is 52.5. The van der Waals surface area contributed by atoms with E-state index < -0.39 is 17.7 Å². The van der Waals surface area contributed by atoms with Gasteiger partial charge in [-0.1, -0.05) is 66.7 Å². The van der Waals surface area contributed by atoms with E-state index in [-0.39, 0.29) is 43.3 Å². The average Bonchev–Trinajstić information content (AvgIpc) is 3.30. The minimum absolute atomic E-state index is 0.0414. The summed E-state index contributed by atoms with van der Waals surface area (Å²) in [7, 11) is 1.36. The van der Waals surface area contributed by atoms with Crippen LogP contribution >= 0.6 is 0 Å². The van der Waals surface area contributed by atoms with Gasteiger partial charge in [-0.05, 0) is 115 Å². The van der Waals surface area contributed by atoms with Gasteiger partial charge in [0.1, 0.15) is 23.1 Å². The maximum atomic E-state index is 12.9. The minimum Gasteiger partial charge on any atom is -0.493 e. The molecule has 4 rings (SSSR count). The Morgan fingerprint density at radius 3 is 1.95 bits per heavy atom. The maximum absolute atomic E-state index is 12.9. The highest BCUT2D eigenvalue weighted by atomic mass is 16.6. The number of hydrogen-bond acceptors (Lipinski definition) is 11. The third kappa shape index (κ3) is 20.4. The number of alkyl carbamates (subject to hydrolysis) is 1. The summed E-state index contributed by atoms with van der Waals surface area (Å²) in [5.41, 5.74) is 4.08. The van der Waals surface area contributed by atoms with E-state index in [0.717, 1.165) is 47.2 Å². The fourth-order valence-electron chi connectivity index (χ4n) is 6.78. The molecule has 0 saturated heterocycles. The number of unbranched alkanes of at least 4 members (excludes halogenated alkanes) is 3. The molecule has 0 aliphatic carbocycles. The van der Waals surface area contributed by atoms with Gasteiger partial charge in [0.2, 0.25) is 17.7 Å². The van der Waals surface area contributed by atoms with E-state index in [0.29, 0.717) is 82.4 Å². The van der Waals surface area contributed by atoms with Crippen LogP contribution in [0, 0.1) is 0 Å². The molecule has 0 radical (unpaired) electrons. The van der Waals surface area contributed by atoms with E-state index in [4.69, 9.17) is 33.4 Å². The summed E-state index contributed by atoms with van der Waals surface area (Å²) < 4.78 is 34.3. The Labute approximate surface area is 390 Å². The SMILES string of the molecule is COC(=O)CCc1c(OCCCCCOc2cc(-c3ccccc3)cc(-c3ccccc3)n2)cccc1OCCCC(=O)NCCCCC(NC(=O)OC(C)(C)C)C(=O)NCCOC(C)C. The minimum atomic E-state index is -0.790. The Balaban J connectivity index is 1.19. The number of pyridine rings is 1. The zero-order valence-electron chi connectivity index (χ0n) is 39.7. The molecule has 0 spiro atoms. The summed E-state index contributed by atoms with van der Waals surface area (Å²) in [4.78, 5) is 54.9. The van der Waals surface area contributed by atoms with Crippen molar-refractivity contribution in [2.24, 2.45) is 0 Å². The zero-order chi connectivity index (χ0) is 47.6. The highest BCUT2D eigenvalue weighted by Crippen LogP contribution is 2.31. The number of ether oxygens (including phenoxy) is 6. The van der Waals surface area contributed by atoms with E-state index in [2.05, 4.69) is 34.1 Å². The van der Waals surface area contributed by atoms with Gasteiger partial charge in [-0.25, -0.2) is 9.78 Å². The molecule has 0 bridgehead atoms. The topological polar surface area (TPSA) is 173 Å². The molecule has 4 aromatic rings. The normalized spacial score (nSPS) is 11.6. The summed E-state index contributed by atoms with van der Waals surface area (Å²) in [5, 5.41) is 8.41. The Morgan fingerprint density at radius 2 is 1.30 bits per heavy atom. The second-order valence-corrected chi connectivity index (χ2v) is 17.1. The van der Waals surface area contributed by atoms with E-state index in [1.165, 1.54) is 7.11 Å². The van der Waals surface area contributed by atoms with Crippen LogP contribution in [0.25, 0.3) is 22.4 Å². The van der Waals surface area contributed by atoms with E-state index in [1.54, 1.807) is 20.8 Å². The van der Waals surface area contributed by atoms with Crippen LogP contribution in [-0.2, 0) is 35.0 Å². The standard InChI is InChI=1S/C52H70N4O10/c1-38(2)62-35-31-54-50(59)43(56-51(60)66-52(3,4)5)24-14-15-30-53-47(57)27-19-34-64-46-26-18-25-45(42(46)28-29-49(58)61-6)63-32-16-9-17-33-65-48-37-41(39-20-10-7-11-21-39)36-44(55-48)40-22-12-8-13-23-40/h7-8,10-13,18,20-23,25-26,36-38,43H,9,14-17,19,24,27-35H2,1-6H3,(H,53,57)(H,54,59)(H,56,60). The van der Waals surface area contributed by atoms with Crippen LogP contribution in [0.3, 0.4) is 0 Å². The fraction of sp³-hybridized carbons (Fsp3) is 0.481. The Hall–Kier alpha value is -6.15. The Morgan fingerprint density at radius 1 is 0.652 bits per heavy atom. The lowest BCUT2D eigenvalue weighted by Gasteiger charge is -2.23. The number of aromatic nitrogens is 1.